The van der Waals surface area contributed by atoms with Gasteiger partial charge in [0.1, 0.15) is 5.75 Å². The van der Waals surface area contributed by atoms with E-state index >= 15 is 0 Å². The Labute approximate surface area is 159 Å². The summed E-state index contributed by atoms with van der Waals surface area (Å²) in [6.45, 7) is 0.672. The van der Waals surface area contributed by atoms with Gasteiger partial charge in [-0.2, -0.15) is 0 Å². The maximum Gasteiger partial charge on any atom is 0.269 e. The lowest BCUT2D eigenvalue weighted by atomic mass is 9.77. The Morgan fingerprint density at radius 2 is 2.12 bits per heavy atom. The number of halogens is 1. The van der Waals surface area contributed by atoms with Crippen LogP contribution in [0.2, 0.25) is 0 Å². The minimum Gasteiger partial charge on any atom is -0.496 e. The number of nitro groups is 1. The molecular weight excluding hydrogens is 400 g/mol. The number of methoxy groups -OCH3 is 1. The van der Waals surface area contributed by atoms with Crippen LogP contribution in [0.25, 0.3) is 0 Å². The third-order valence-electron chi connectivity index (χ3n) is 5.19. The summed E-state index contributed by atoms with van der Waals surface area (Å²) in [4.78, 5) is 10.8. The fourth-order valence-electron chi connectivity index (χ4n) is 4.03. The zero-order valence-electron chi connectivity index (χ0n) is 14.3. The van der Waals surface area contributed by atoms with Crippen LogP contribution in [0, 0.1) is 16.0 Å². The van der Waals surface area contributed by atoms with Gasteiger partial charge in [-0.05, 0) is 37.1 Å². The van der Waals surface area contributed by atoms with E-state index in [1.165, 1.54) is 6.07 Å². The first-order chi connectivity index (χ1) is 12.6. The van der Waals surface area contributed by atoms with E-state index in [1.54, 1.807) is 19.2 Å². The first kappa shape index (κ1) is 17.3. The van der Waals surface area contributed by atoms with Gasteiger partial charge in [-0.3, -0.25) is 10.1 Å². The average Bonchev–Trinajstić information content (AvgIpc) is 2.66. The molecular formula is C19H19BrN2O4. The summed E-state index contributed by atoms with van der Waals surface area (Å²) in [7, 11) is 1.67. The van der Waals surface area contributed by atoms with Crippen LogP contribution in [0.1, 0.15) is 36.1 Å². The fourth-order valence-corrected chi connectivity index (χ4v) is 4.41. The van der Waals surface area contributed by atoms with E-state index in [2.05, 4.69) is 27.3 Å². The Hall–Kier alpha value is -2.12. The molecule has 26 heavy (non-hydrogen) atoms. The molecule has 2 aromatic rings. The molecule has 4 rings (SSSR count). The molecule has 0 amide bonds. The van der Waals surface area contributed by atoms with Crippen molar-refractivity contribution < 1.29 is 14.4 Å². The van der Waals surface area contributed by atoms with E-state index in [9.17, 15) is 10.1 Å². The molecule has 1 saturated heterocycles. The van der Waals surface area contributed by atoms with Gasteiger partial charge < -0.3 is 14.8 Å². The van der Waals surface area contributed by atoms with Crippen LogP contribution in [-0.2, 0) is 4.74 Å². The van der Waals surface area contributed by atoms with Gasteiger partial charge in [-0.15, -0.1) is 0 Å². The van der Waals surface area contributed by atoms with Gasteiger partial charge in [0.2, 0.25) is 0 Å². The fraction of sp³-hybridized carbons (Fsp3) is 0.368. The second-order valence-corrected chi connectivity index (χ2v) is 7.55. The molecule has 6 nitrogen and oxygen atoms in total. The summed E-state index contributed by atoms with van der Waals surface area (Å²) < 4.78 is 12.6. The van der Waals surface area contributed by atoms with Crippen molar-refractivity contribution in [3.05, 3.63) is 62.1 Å². The molecule has 0 spiro atoms. The first-order valence-electron chi connectivity index (χ1n) is 8.58. The van der Waals surface area contributed by atoms with Gasteiger partial charge >= 0.3 is 0 Å². The molecule has 0 unspecified atom stereocenters. The van der Waals surface area contributed by atoms with E-state index in [0.717, 1.165) is 39.9 Å². The normalized spacial score (nSPS) is 24.2. The lowest BCUT2D eigenvalue weighted by Gasteiger charge is -2.43. The Bertz CT molecular complexity index is 857. The maximum atomic E-state index is 11.2. The highest BCUT2D eigenvalue weighted by molar-refractivity contribution is 9.10. The standard InChI is InChI=1S/C19H19BrN2O4/c1-25-17-7-4-11(20)9-15(17)18-13-3-2-8-26-19(13)14-10-12(22(23)24)5-6-16(14)21-18/h4-7,9-10,13,18-19,21H,2-3,8H2,1H3/t13-,18-,19-/m1/s1. The quantitative estimate of drug-likeness (QED) is 0.560. The minimum absolute atomic E-state index is 0.0155. The minimum atomic E-state index is -0.360. The Morgan fingerprint density at radius 1 is 1.27 bits per heavy atom. The lowest BCUT2D eigenvalue weighted by Crippen LogP contribution is -2.36. The van der Waals surface area contributed by atoms with E-state index < -0.39 is 0 Å². The number of anilines is 1. The van der Waals surface area contributed by atoms with Gasteiger partial charge in [0.15, 0.2) is 0 Å². The smallest absolute Gasteiger partial charge is 0.269 e. The van der Waals surface area contributed by atoms with Crippen LogP contribution in [0.4, 0.5) is 11.4 Å². The lowest BCUT2D eigenvalue weighted by molar-refractivity contribution is -0.385. The van der Waals surface area contributed by atoms with Crippen LogP contribution in [-0.4, -0.2) is 18.6 Å². The van der Waals surface area contributed by atoms with Crippen LogP contribution >= 0.6 is 15.9 Å². The predicted molar refractivity (Wildman–Crippen MR) is 102 cm³/mol. The zero-order valence-corrected chi connectivity index (χ0v) is 15.9. The van der Waals surface area contributed by atoms with Crippen molar-refractivity contribution in [2.24, 2.45) is 5.92 Å². The molecule has 0 radical (unpaired) electrons. The molecule has 2 aliphatic rings. The average molecular weight is 419 g/mol. The molecule has 0 bridgehead atoms. The number of ether oxygens (including phenoxy) is 2. The summed E-state index contributed by atoms with van der Waals surface area (Å²) in [5.74, 6) is 1.00. The predicted octanol–water partition coefficient (Wildman–Crippen LogP) is 5.00. The number of hydrogen-bond acceptors (Lipinski definition) is 5. The highest BCUT2D eigenvalue weighted by Gasteiger charge is 2.41. The highest BCUT2D eigenvalue weighted by Crippen LogP contribution is 2.51. The van der Waals surface area contributed by atoms with Crippen LogP contribution < -0.4 is 10.1 Å². The summed E-state index contributed by atoms with van der Waals surface area (Å²) in [6, 6.07) is 10.9. The van der Waals surface area contributed by atoms with Crippen molar-refractivity contribution >= 4 is 27.3 Å². The number of benzene rings is 2. The zero-order chi connectivity index (χ0) is 18.3. The second-order valence-electron chi connectivity index (χ2n) is 6.63. The van der Waals surface area contributed by atoms with Crippen LogP contribution in [0.5, 0.6) is 5.75 Å². The summed E-state index contributed by atoms with van der Waals surface area (Å²) in [6.07, 6.45) is 1.80. The molecule has 1 fully saturated rings. The number of nitro benzene ring substituents is 1. The molecule has 3 atom stereocenters. The molecule has 2 aromatic carbocycles. The Morgan fingerprint density at radius 3 is 2.88 bits per heavy atom. The van der Waals surface area contributed by atoms with Crippen molar-refractivity contribution in [1.82, 2.24) is 0 Å². The third-order valence-corrected chi connectivity index (χ3v) is 5.68. The molecule has 0 aliphatic carbocycles. The number of nitrogens with one attached hydrogen (secondary N) is 1. The first-order valence-corrected chi connectivity index (χ1v) is 9.37. The van der Waals surface area contributed by atoms with E-state index in [0.29, 0.717) is 6.61 Å². The monoisotopic (exact) mass is 418 g/mol. The number of nitrogens with zero attached hydrogens (tertiary/aromatic N) is 1. The second kappa shape index (κ2) is 6.89. The molecule has 1 N–H and O–H groups in total. The van der Waals surface area contributed by atoms with Crippen molar-refractivity contribution in [3.8, 4) is 5.75 Å². The largest absolute Gasteiger partial charge is 0.496 e. The summed E-state index contributed by atoms with van der Waals surface area (Å²) >= 11 is 3.55. The summed E-state index contributed by atoms with van der Waals surface area (Å²) in [5.41, 5.74) is 2.91. The van der Waals surface area contributed by atoms with E-state index in [-0.39, 0.29) is 28.7 Å². The van der Waals surface area contributed by atoms with Gasteiger partial charge in [0.25, 0.3) is 5.69 Å². The third kappa shape index (κ3) is 2.95. The summed E-state index contributed by atoms with van der Waals surface area (Å²) in [5, 5.41) is 14.8. The molecule has 2 heterocycles. The molecule has 0 aromatic heterocycles. The molecule has 2 aliphatic heterocycles. The Kier molecular flexibility index (Phi) is 4.58. The number of rotatable bonds is 3. The van der Waals surface area contributed by atoms with Gasteiger partial charge in [-0.1, -0.05) is 15.9 Å². The topological polar surface area (TPSA) is 73.6 Å². The number of fused-ring (bicyclic) bond motifs is 3. The SMILES string of the molecule is COc1ccc(Br)cc1[C@@H]1Nc2ccc([N+](=O)[O-])cc2[C@@H]2OCCC[C@H]12. The molecule has 136 valence electrons. The van der Waals surface area contributed by atoms with Crippen molar-refractivity contribution in [2.75, 3.05) is 19.0 Å². The van der Waals surface area contributed by atoms with E-state index in [4.69, 9.17) is 9.47 Å². The van der Waals surface area contributed by atoms with E-state index in [1.807, 2.05) is 12.1 Å². The van der Waals surface area contributed by atoms with Crippen molar-refractivity contribution in [3.63, 3.8) is 0 Å². The van der Waals surface area contributed by atoms with Gasteiger partial charge in [-0.25, -0.2) is 0 Å². The number of non-ortho nitro benzene ring substituents is 1. The maximum absolute atomic E-state index is 11.2. The molecule has 7 heteroatoms. The number of hydrogen-bond donors (Lipinski definition) is 1. The van der Waals surface area contributed by atoms with Gasteiger partial charge in [0, 0.05) is 45.9 Å². The van der Waals surface area contributed by atoms with Crippen molar-refractivity contribution in [1.29, 1.82) is 0 Å². The van der Waals surface area contributed by atoms with Crippen LogP contribution in [0.3, 0.4) is 0 Å². The Balaban J connectivity index is 1.81. The van der Waals surface area contributed by atoms with Crippen molar-refractivity contribution in [2.45, 2.75) is 25.0 Å². The molecule has 0 saturated carbocycles. The van der Waals surface area contributed by atoms with Gasteiger partial charge in [0.05, 0.1) is 24.2 Å². The van der Waals surface area contributed by atoms with Crippen LogP contribution in [0.15, 0.2) is 40.9 Å². The highest BCUT2D eigenvalue weighted by atomic mass is 79.9.